The van der Waals surface area contributed by atoms with Gasteiger partial charge in [0, 0.05) is 49.8 Å². The standard InChI is InChI=1S/C23H27N3O4S/c27-19-6-3-8-25(19)15-20(28)26-9-7-16(14-26)21-17-4-1-2-5-18(17)31-22(21)23(29)24-10-12-30-13-11-24/h1-2,4-5,16H,3,6-15H2/t16-/m0/s1. The lowest BCUT2D eigenvalue weighted by Crippen LogP contribution is -2.41. The number of rotatable bonds is 4. The van der Waals surface area contributed by atoms with E-state index >= 15 is 0 Å². The number of amides is 3. The molecule has 164 valence electrons. The summed E-state index contributed by atoms with van der Waals surface area (Å²) in [5.41, 5.74) is 1.09. The lowest BCUT2D eigenvalue weighted by molar-refractivity contribution is -0.137. The monoisotopic (exact) mass is 441 g/mol. The summed E-state index contributed by atoms with van der Waals surface area (Å²) in [7, 11) is 0. The van der Waals surface area contributed by atoms with Crippen LogP contribution in [0.2, 0.25) is 0 Å². The molecule has 3 aliphatic heterocycles. The quantitative estimate of drug-likeness (QED) is 0.730. The van der Waals surface area contributed by atoms with Crippen molar-refractivity contribution in [2.45, 2.75) is 25.2 Å². The SMILES string of the molecule is O=C1CCCN1CC(=O)N1CC[C@H](c2c(C(=O)N3CCOCC3)sc3ccccc23)C1. The number of thiophene rings is 1. The van der Waals surface area contributed by atoms with Crippen LogP contribution in [0, 0.1) is 0 Å². The maximum absolute atomic E-state index is 13.4. The fourth-order valence-corrected chi connectivity index (χ4v) is 6.15. The van der Waals surface area contributed by atoms with E-state index in [4.69, 9.17) is 4.74 Å². The Morgan fingerprint density at radius 1 is 1.06 bits per heavy atom. The Kier molecular flexibility index (Phi) is 5.67. The number of ether oxygens (including phenoxy) is 1. The first-order chi connectivity index (χ1) is 15.1. The second-order valence-corrected chi connectivity index (χ2v) is 9.54. The van der Waals surface area contributed by atoms with Gasteiger partial charge in [-0.2, -0.15) is 0 Å². The average molecular weight is 442 g/mol. The summed E-state index contributed by atoms with van der Waals surface area (Å²) < 4.78 is 6.53. The van der Waals surface area contributed by atoms with E-state index in [-0.39, 0.29) is 30.2 Å². The molecule has 3 fully saturated rings. The van der Waals surface area contributed by atoms with Crippen LogP contribution in [0.25, 0.3) is 10.1 Å². The van der Waals surface area contributed by atoms with Gasteiger partial charge in [0.1, 0.15) is 0 Å². The van der Waals surface area contributed by atoms with Gasteiger partial charge in [-0.05, 0) is 29.9 Å². The third-order valence-electron chi connectivity index (χ3n) is 6.57. The molecule has 0 aliphatic carbocycles. The highest BCUT2D eigenvalue weighted by Gasteiger charge is 2.35. The zero-order chi connectivity index (χ0) is 21.4. The van der Waals surface area contributed by atoms with Gasteiger partial charge >= 0.3 is 0 Å². The normalized spacial score (nSPS) is 22.0. The molecule has 1 aromatic heterocycles. The van der Waals surface area contributed by atoms with E-state index in [0.717, 1.165) is 33.4 Å². The van der Waals surface area contributed by atoms with E-state index in [1.807, 2.05) is 21.9 Å². The molecule has 3 amide bonds. The van der Waals surface area contributed by atoms with Crippen LogP contribution < -0.4 is 0 Å². The summed E-state index contributed by atoms with van der Waals surface area (Å²) in [4.78, 5) is 44.3. The minimum absolute atomic E-state index is 0.0124. The summed E-state index contributed by atoms with van der Waals surface area (Å²) in [5.74, 6) is 0.297. The Balaban J connectivity index is 1.38. The maximum Gasteiger partial charge on any atom is 0.264 e. The number of hydrogen-bond acceptors (Lipinski definition) is 5. The molecule has 8 heteroatoms. The molecule has 4 heterocycles. The first kappa shape index (κ1) is 20.5. The van der Waals surface area contributed by atoms with Crippen LogP contribution in [-0.4, -0.2) is 84.9 Å². The van der Waals surface area contributed by atoms with Crippen LogP contribution in [0.1, 0.15) is 40.4 Å². The average Bonchev–Trinajstić information content (AvgIpc) is 3.52. The maximum atomic E-state index is 13.4. The molecule has 7 nitrogen and oxygen atoms in total. The summed E-state index contributed by atoms with van der Waals surface area (Å²) in [5, 5.41) is 1.12. The number of carbonyl (C=O) groups excluding carboxylic acids is 3. The lowest BCUT2D eigenvalue weighted by atomic mass is 9.94. The van der Waals surface area contributed by atoms with E-state index in [9.17, 15) is 14.4 Å². The van der Waals surface area contributed by atoms with Crippen LogP contribution >= 0.6 is 11.3 Å². The molecule has 5 rings (SSSR count). The second-order valence-electron chi connectivity index (χ2n) is 8.49. The minimum Gasteiger partial charge on any atom is -0.378 e. The van der Waals surface area contributed by atoms with Gasteiger partial charge in [-0.15, -0.1) is 11.3 Å². The third kappa shape index (κ3) is 3.94. The first-order valence-corrected chi connectivity index (χ1v) is 11.9. The summed E-state index contributed by atoms with van der Waals surface area (Å²) in [6, 6.07) is 8.17. The zero-order valence-corrected chi connectivity index (χ0v) is 18.4. The predicted octanol–water partition coefficient (Wildman–Crippen LogP) is 2.31. The molecule has 0 saturated carbocycles. The van der Waals surface area contributed by atoms with Crippen LogP contribution in [0.4, 0.5) is 0 Å². The van der Waals surface area contributed by atoms with Crippen molar-refractivity contribution in [3.63, 3.8) is 0 Å². The van der Waals surface area contributed by atoms with E-state index < -0.39 is 0 Å². The van der Waals surface area contributed by atoms with Gasteiger partial charge in [-0.25, -0.2) is 0 Å². The number of nitrogens with zero attached hydrogens (tertiary/aromatic N) is 3. The molecule has 3 saturated heterocycles. The molecule has 0 N–H and O–H groups in total. The van der Waals surface area contributed by atoms with Gasteiger partial charge < -0.3 is 19.4 Å². The highest BCUT2D eigenvalue weighted by molar-refractivity contribution is 7.21. The molecule has 0 unspecified atom stereocenters. The highest BCUT2D eigenvalue weighted by atomic mass is 32.1. The van der Waals surface area contributed by atoms with E-state index in [2.05, 4.69) is 12.1 Å². The number of likely N-dealkylation sites (tertiary alicyclic amines) is 2. The van der Waals surface area contributed by atoms with Gasteiger partial charge in [0.2, 0.25) is 11.8 Å². The van der Waals surface area contributed by atoms with Gasteiger partial charge in [-0.1, -0.05) is 18.2 Å². The predicted molar refractivity (Wildman–Crippen MR) is 118 cm³/mol. The Hall–Kier alpha value is -2.45. The lowest BCUT2D eigenvalue weighted by Gasteiger charge is -2.27. The molecule has 2 aromatic rings. The fourth-order valence-electron chi connectivity index (χ4n) is 4.90. The number of morpholine rings is 1. The van der Waals surface area contributed by atoms with Gasteiger partial charge in [-0.3, -0.25) is 14.4 Å². The van der Waals surface area contributed by atoms with Crippen molar-refractivity contribution < 1.29 is 19.1 Å². The highest BCUT2D eigenvalue weighted by Crippen LogP contribution is 2.40. The Bertz CT molecular complexity index is 1010. The Morgan fingerprint density at radius 2 is 1.87 bits per heavy atom. The van der Waals surface area contributed by atoms with Crippen molar-refractivity contribution in [1.29, 1.82) is 0 Å². The number of carbonyl (C=O) groups is 3. The molecule has 0 radical (unpaired) electrons. The van der Waals surface area contributed by atoms with Crippen molar-refractivity contribution in [2.24, 2.45) is 0 Å². The van der Waals surface area contributed by atoms with E-state index in [1.165, 1.54) is 0 Å². The van der Waals surface area contributed by atoms with Crippen LogP contribution in [0.15, 0.2) is 24.3 Å². The molecule has 0 bridgehead atoms. The number of hydrogen-bond donors (Lipinski definition) is 0. The van der Waals surface area contributed by atoms with Crippen molar-refractivity contribution in [3.05, 3.63) is 34.7 Å². The zero-order valence-electron chi connectivity index (χ0n) is 17.5. The van der Waals surface area contributed by atoms with Gasteiger partial charge in [0.15, 0.2) is 0 Å². The Morgan fingerprint density at radius 3 is 2.65 bits per heavy atom. The smallest absolute Gasteiger partial charge is 0.264 e. The molecule has 1 atom stereocenters. The van der Waals surface area contributed by atoms with E-state index in [0.29, 0.717) is 52.4 Å². The van der Waals surface area contributed by atoms with Crippen molar-refractivity contribution in [3.8, 4) is 0 Å². The molecular formula is C23H27N3O4S. The third-order valence-corrected chi connectivity index (χ3v) is 7.75. The molecular weight excluding hydrogens is 414 g/mol. The topological polar surface area (TPSA) is 70.2 Å². The molecule has 31 heavy (non-hydrogen) atoms. The first-order valence-electron chi connectivity index (χ1n) is 11.1. The minimum atomic E-state index is 0.0124. The molecule has 3 aliphatic rings. The summed E-state index contributed by atoms with van der Waals surface area (Å²) >= 11 is 1.56. The van der Waals surface area contributed by atoms with Gasteiger partial charge in [0.05, 0.1) is 24.6 Å². The fraction of sp³-hybridized carbons (Fsp3) is 0.522. The van der Waals surface area contributed by atoms with Crippen LogP contribution in [0.5, 0.6) is 0 Å². The van der Waals surface area contributed by atoms with Crippen LogP contribution in [-0.2, 0) is 14.3 Å². The van der Waals surface area contributed by atoms with Crippen LogP contribution in [0.3, 0.4) is 0 Å². The van der Waals surface area contributed by atoms with Crippen molar-refractivity contribution >= 4 is 39.1 Å². The summed E-state index contributed by atoms with van der Waals surface area (Å²) in [6.07, 6.45) is 2.22. The molecule has 1 aromatic carbocycles. The Labute approximate surface area is 185 Å². The largest absolute Gasteiger partial charge is 0.378 e. The van der Waals surface area contributed by atoms with Crippen molar-refractivity contribution in [2.75, 3.05) is 52.5 Å². The number of fused-ring (bicyclic) bond motifs is 1. The second kappa shape index (κ2) is 8.59. The van der Waals surface area contributed by atoms with Gasteiger partial charge in [0.25, 0.3) is 5.91 Å². The molecule has 0 spiro atoms. The van der Waals surface area contributed by atoms with Crippen molar-refractivity contribution in [1.82, 2.24) is 14.7 Å². The van der Waals surface area contributed by atoms with E-state index in [1.54, 1.807) is 16.2 Å². The summed E-state index contributed by atoms with van der Waals surface area (Å²) in [6.45, 7) is 4.51. The number of benzene rings is 1.